The Kier molecular flexibility index (Phi) is 6.72. The van der Waals surface area contributed by atoms with Gasteiger partial charge >= 0.3 is 0 Å². The van der Waals surface area contributed by atoms with Crippen molar-refractivity contribution in [1.29, 1.82) is 0 Å². The van der Waals surface area contributed by atoms with Gasteiger partial charge in [0.05, 0.1) is 23.0 Å². The molecule has 4 nitrogen and oxygen atoms in total. The predicted octanol–water partition coefficient (Wildman–Crippen LogP) is 6.78. The second kappa shape index (κ2) is 10.1. The smallest absolute Gasteiger partial charge is 0.266 e. The Morgan fingerprint density at radius 3 is 2.53 bits per heavy atom. The molecule has 3 aromatic carbocycles. The lowest BCUT2D eigenvalue weighted by Gasteiger charge is -2.14. The number of thioether (sulfide) groups is 1. The van der Waals surface area contributed by atoms with Gasteiger partial charge in [-0.2, -0.15) is 0 Å². The molecule has 1 amide bonds. The zero-order chi connectivity index (χ0) is 23.5. The second-order valence-corrected chi connectivity index (χ2v) is 9.91. The van der Waals surface area contributed by atoms with E-state index >= 15 is 0 Å². The van der Waals surface area contributed by atoms with Crippen LogP contribution in [0.1, 0.15) is 11.1 Å². The molecular formula is C27H21ClN2O2S2. The number of carbonyl (C=O) groups excluding carboxylic acids is 1. The van der Waals surface area contributed by atoms with Gasteiger partial charge in [0.2, 0.25) is 0 Å². The largest absolute Gasteiger partial charge is 0.490 e. The zero-order valence-corrected chi connectivity index (χ0v) is 20.6. The topological polar surface area (TPSA) is 34.5 Å². The maximum Gasteiger partial charge on any atom is 0.266 e. The van der Waals surface area contributed by atoms with Gasteiger partial charge in [0.15, 0.2) is 0 Å². The minimum atomic E-state index is -0.0577. The SMILES string of the molecule is O=C1/C(=C/c2cn(CCOc3ccccc3Cl)c3ccccc23)SC(=S)N1Cc1ccccc1. The number of fused-ring (bicyclic) bond motifs is 1. The van der Waals surface area contributed by atoms with Crippen LogP contribution in [-0.2, 0) is 17.9 Å². The molecule has 0 atom stereocenters. The van der Waals surface area contributed by atoms with E-state index < -0.39 is 0 Å². The lowest BCUT2D eigenvalue weighted by Crippen LogP contribution is -2.27. The molecule has 1 aliphatic heterocycles. The maximum atomic E-state index is 13.1. The molecule has 1 aliphatic rings. The zero-order valence-electron chi connectivity index (χ0n) is 18.2. The van der Waals surface area contributed by atoms with E-state index in [1.165, 1.54) is 11.8 Å². The maximum absolute atomic E-state index is 13.1. The Balaban J connectivity index is 1.37. The molecule has 0 unspecified atom stereocenters. The molecule has 34 heavy (non-hydrogen) atoms. The first-order valence-corrected chi connectivity index (χ1v) is 12.4. The number of benzene rings is 3. The number of carbonyl (C=O) groups is 1. The number of aromatic nitrogens is 1. The number of nitrogens with zero attached hydrogens (tertiary/aromatic N) is 2. The van der Waals surface area contributed by atoms with Crippen molar-refractivity contribution in [2.24, 2.45) is 0 Å². The van der Waals surface area contributed by atoms with Crippen molar-refractivity contribution in [3.8, 4) is 5.75 Å². The van der Waals surface area contributed by atoms with Gasteiger partial charge in [0.25, 0.3) is 5.91 Å². The highest BCUT2D eigenvalue weighted by atomic mass is 35.5. The van der Waals surface area contributed by atoms with Crippen LogP contribution >= 0.6 is 35.6 Å². The quantitative estimate of drug-likeness (QED) is 0.205. The van der Waals surface area contributed by atoms with E-state index in [0.717, 1.165) is 22.0 Å². The number of para-hydroxylation sites is 2. The summed E-state index contributed by atoms with van der Waals surface area (Å²) >= 11 is 13.1. The Hall–Kier alpha value is -3.06. The highest BCUT2D eigenvalue weighted by Gasteiger charge is 2.32. The van der Waals surface area contributed by atoms with Gasteiger partial charge < -0.3 is 9.30 Å². The van der Waals surface area contributed by atoms with E-state index in [1.807, 2.05) is 72.8 Å². The van der Waals surface area contributed by atoms with E-state index in [0.29, 0.717) is 39.7 Å². The normalized spacial score (nSPS) is 15.0. The van der Waals surface area contributed by atoms with Gasteiger partial charge in [-0.15, -0.1) is 0 Å². The van der Waals surface area contributed by atoms with Crippen molar-refractivity contribution >= 4 is 62.8 Å². The summed E-state index contributed by atoms with van der Waals surface area (Å²) in [6.45, 7) is 1.60. The molecule has 0 bridgehead atoms. The van der Waals surface area contributed by atoms with Gasteiger partial charge in [0.1, 0.15) is 16.7 Å². The highest BCUT2D eigenvalue weighted by molar-refractivity contribution is 8.26. The lowest BCUT2D eigenvalue weighted by atomic mass is 10.1. The number of hydrogen-bond donors (Lipinski definition) is 0. The van der Waals surface area contributed by atoms with Crippen LogP contribution in [0.2, 0.25) is 5.02 Å². The van der Waals surface area contributed by atoms with Crippen molar-refractivity contribution < 1.29 is 9.53 Å². The van der Waals surface area contributed by atoms with Crippen molar-refractivity contribution in [3.63, 3.8) is 0 Å². The second-order valence-electron chi connectivity index (χ2n) is 7.83. The van der Waals surface area contributed by atoms with Gasteiger partial charge in [0, 0.05) is 22.7 Å². The Morgan fingerprint density at radius 2 is 1.71 bits per heavy atom. The summed E-state index contributed by atoms with van der Waals surface area (Å²) in [5, 5.41) is 1.67. The van der Waals surface area contributed by atoms with Crippen LogP contribution < -0.4 is 4.74 Å². The van der Waals surface area contributed by atoms with Gasteiger partial charge in [-0.3, -0.25) is 9.69 Å². The number of amides is 1. The molecule has 0 spiro atoms. The van der Waals surface area contributed by atoms with Crippen molar-refractivity contribution in [2.75, 3.05) is 6.61 Å². The fraction of sp³-hybridized carbons (Fsp3) is 0.111. The Morgan fingerprint density at radius 1 is 0.971 bits per heavy atom. The van der Waals surface area contributed by atoms with E-state index in [1.54, 1.807) is 4.90 Å². The first-order chi connectivity index (χ1) is 16.6. The summed E-state index contributed by atoms with van der Waals surface area (Å²) in [4.78, 5) is 15.4. The molecule has 170 valence electrons. The van der Waals surface area contributed by atoms with Gasteiger partial charge in [-0.05, 0) is 29.8 Å². The van der Waals surface area contributed by atoms with Crippen LogP contribution in [0.25, 0.3) is 17.0 Å². The Bertz CT molecular complexity index is 1400. The molecule has 0 radical (unpaired) electrons. The minimum absolute atomic E-state index is 0.0577. The molecule has 4 aromatic rings. The van der Waals surface area contributed by atoms with E-state index in [4.69, 9.17) is 28.6 Å². The average Bonchev–Trinajstić information content (AvgIpc) is 3.33. The summed E-state index contributed by atoms with van der Waals surface area (Å²) in [6, 6.07) is 25.5. The van der Waals surface area contributed by atoms with Crippen LogP contribution in [0, 0.1) is 0 Å². The summed E-state index contributed by atoms with van der Waals surface area (Å²) in [6.07, 6.45) is 4.00. The first kappa shape index (κ1) is 22.7. The van der Waals surface area contributed by atoms with Crippen LogP contribution in [-0.4, -0.2) is 26.3 Å². The molecular weight excluding hydrogens is 484 g/mol. The van der Waals surface area contributed by atoms with Gasteiger partial charge in [-0.25, -0.2) is 0 Å². The van der Waals surface area contributed by atoms with Gasteiger partial charge in [-0.1, -0.05) is 96.2 Å². The average molecular weight is 505 g/mol. The summed E-state index contributed by atoms with van der Waals surface area (Å²) in [7, 11) is 0. The lowest BCUT2D eigenvalue weighted by molar-refractivity contribution is -0.122. The molecule has 0 saturated carbocycles. The molecule has 0 aliphatic carbocycles. The summed E-state index contributed by atoms with van der Waals surface area (Å²) in [5.74, 6) is 0.612. The molecule has 1 fully saturated rings. The molecule has 1 aromatic heterocycles. The predicted molar refractivity (Wildman–Crippen MR) is 144 cm³/mol. The third-order valence-corrected chi connectivity index (χ3v) is 7.28. The summed E-state index contributed by atoms with van der Waals surface area (Å²) < 4.78 is 8.61. The number of halogens is 1. The van der Waals surface area contributed by atoms with Crippen LogP contribution in [0.3, 0.4) is 0 Å². The minimum Gasteiger partial charge on any atom is -0.490 e. The third kappa shape index (κ3) is 4.75. The number of thiocarbonyl (C=S) groups is 1. The third-order valence-electron chi connectivity index (χ3n) is 5.59. The van der Waals surface area contributed by atoms with Crippen molar-refractivity contribution in [3.05, 3.63) is 106 Å². The molecule has 0 N–H and O–H groups in total. The molecule has 1 saturated heterocycles. The van der Waals surface area contributed by atoms with Crippen LogP contribution in [0.5, 0.6) is 5.75 Å². The molecule has 2 heterocycles. The Labute approximate surface area is 212 Å². The fourth-order valence-corrected chi connectivity index (χ4v) is 5.37. The first-order valence-electron chi connectivity index (χ1n) is 10.8. The number of rotatable bonds is 7. The van der Waals surface area contributed by atoms with E-state index in [9.17, 15) is 4.79 Å². The van der Waals surface area contributed by atoms with Crippen molar-refractivity contribution in [2.45, 2.75) is 13.1 Å². The number of hydrogen-bond acceptors (Lipinski definition) is 4. The van der Waals surface area contributed by atoms with E-state index in [-0.39, 0.29) is 5.91 Å². The highest BCUT2D eigenvalue weighted by Crippen LogP contribution is 2.35. The van der Waals surface area contributed by atoms with Crippen LogP contribution in [0.4, 0.5) is 0 Å². The fourth-order valence-electron chi connectivity index (χ4n) is 3.93. The van der Waals surface area contributed by atoms with Crippen molar-refractivity contribution in [1.82, 2.24) is 9.47 Å². The monoisotopic (exact) mass is 504 g/mol. The summed E-state index contributed by atoms with van der Waals surface area (Å²) in [5.41, 5.74) is 3.11. The number of ether oxygens (including phenoxy) is 1. The molecule has 7 heteroatoms. The molecule has 5 rings (SSSR count). The van der Waals surface area contributed by atoms with E-state index in [2.05, 4.69) is 22.9 Å². The van der Waals surface area contributed by atoms with Crippen LogP contribution in [0.15, 0.2) is 90.0 Å². The standard InChI is InChI=1S/C27H21ClN2O2S2/c28-22-11-5-7-13-24(22)32-15-14-29-18-20(21-10-4-6-12-23(21)29)16-25-26(31)30(27(33)34-25)17-19-8-2-1-3-9-19/h1-13,16,18H,14-15,17H2/b25-16-.